The number of aromatic carboxylic acids is 1. The Labute approximate surface area is 106 Å². The van der Waals surface area contributed by atoms with Crippen LogP contribution >= 0.6 is 0 Å². The maximum absolute atomic E-state index is 10.9. The topological polar surface area (TPSA) is 55.1 Å². The van der Waals surface area contributed by atoms with Gasteiger partial charge >= 0.3 is 5.97 Å². The van der Waals surface area contributed by atoms with Gasteiger partial charge in [0.1, 0.15) is 0 Å². The van der Waals surface area contributed by atoms with Crippen LogP contribution in [-0.4, -0.2) is 20.9 Å². The van der Waals surface area contributed by atoms with E-state index in [0.717, 1.165) is 18.5 Å². The summed E-state index contributed by atoms with van der Waals surface area (Å²) < 4.78 is 1.79. The van der Waals surface area contributed by atoms with Gasteiger partial charge in [-0.05, 0) is 24.5 Å². The first-order valence-corrected chi connectivity index (χ1v) is 6.04. The van der Waals surface area contributed by atoms with Crippen molar-refractivity contribution in [2.75, 3.05) is 0 Å². The van der Waals surface area contributed by atoms with E-state index in [4.69, 9.17) is 5.11 Å². The highest BCUT2D eigenvalue weighted by atomic mass is 16.4. The highest BCUT2D eigenvalue weighted by Crippen LogP contribution is 2.08. The molecule has 18 heavy (non-hydrogen) atoms. The van der Waals surface area contributed by atoms with Crippen LogP contribution in [0.2, 0.25) is 0 Å². The monoisotopic (exact) mass is 244 g/mol. The minimum atomic E-state index is -0.969. The largest absolute Gasteiger partial charge is 0.476 e. The van der Waals surface area contributed by atoms with E-state index in [2.05, 4.69) is 17.2 Å². The third-order valence-electron chi connectivity index (χ3n) is 2.90. The van der Waals surface area contributed by atoms with E-state index in [0.29, 0.717) is 6.54 Å². The van der Waals surface area contributed by atoms with Gasteiger partial charge in [0, 0.05) is 12.2 Å². The molecule has 0 unspecified atom stereocenters. The van der Waals surface area contributed by atoms with Crippen molar-refractivity contribution in [3.8, 4) is 0 Å². The zero-order valence-corrected chi connectivity index (χ0v) is 10.3. The van der Waals surface area contributed by atoms with Crippen LogP contribution in [-0.2, 0) is 19.4 Å². The second-order valence-corrected chi connectivity index (χ2v) is 4.14. The summed E-state index contributed by atoms with van der Waals surface area (Å²) >= 11 is 0. The van der Waals surface area contributed by atoms with Crippen molar-refractivity contribution in [1.82, 2.24) is 9.78 Å². The fourth-order valence-electron chi connectivity index (χ4n) is 1.92. The van der Waals surface area contributed by atoms with Gasteiger partial charge in [-0.15, -0.1) is 0 Å². The number of hydrogen-bond donors (Lipinski definition) is 1. The quantitative estimate of drug-likeness (QED) is 0.878. The molecule has 0 bridgehead atoms. The van der Waals surface area contributed by atoms with Crippen molar-refractivity contribution in [2.24, 2.45) is 0 Å². The number of carboxylic acid groups (broad SMARTS) is 1. The van der Waals surface area contributed by atoms with Crippen LogP contribution in [0.25, 0.3) is 0 Å². The minimum absolute atomic E-state index is 0.125. The van der Waals surface area contributed by atoms with Gasteiger partial charge in [0.05, 0.1) is 0 Å². The predicted octanol–water partition coefficient (Wildman–Crippen LogP) is 2.39. The first-order valence-electron chi connectivity index (χ1n) is 6.04. The molecule has 0 saturated carbocycles. The summed E-state index contributed by atoms with van der Waals surface area (Å²) in [6.07, 6.45) is 1.64. The Kier molecular flexibility index (Phi) is 3.77. The van der Waals surface area contributed by atoms with Crippen molar-refractivity contribution in [3.63, 3.8) is 0 Å². The van der Waals surface area contributed by atoms with Gasteiger partial charge in [0.15, 0.2) is 5.69 Å². The van der Waals surface area contributed by atoms with Gasteiger partial charge in [-0.3, -0.25) is 4.68 Å². The molecule has 2 aromatic rings. The fraction of sp³-hybridized carbons (Fsp3) is 0.286. The number of rotatable bonds is 5. The number of aryl methyl sites for hydroxylation is 3. The molecule has 0 atom stereocenters. The van der Waals surface area contributed by atoms with Gasteiger partial charge in [-0.1, -0.05) is 37.3 Å². The Hall–Kier alpha value is -2.10. The van der Waals surface area contributed by atoms with Crippen LogP contribution in [0.15, 0.2) is 36.4 Å². The Bertz CT molecular complexity index is 532. The lowest BCUT2D eigenvalue weighted by molar-refractivity contribution is 0.0689. The number of benzene rings is 1. The Balaban J connectivity index is 2.11. The zero-order chi connectivity index (χ0) is 13.0. The standard InChI is InChI=1S/C14H16N2O2/c1-2-12-10-13(14(17)18)15-16(12)9-8-11-6-4-3-5-7-11/h3-7,10H,2,8-9H2,1H3,(H,17,18). The van der Waals surface area contributed by atoms with E-state index in [1.165, 1.54) is 5.56 Å². The van der Waals surface area contributed by atoms with E-state index < -0.39 is 5.97 Å². The molecule has 0 fully saturated rings. The van der Waals surface area contributed by atoms with Crippen molar-refractivity contribution in [3.05, 3.63) is 53.3 Å². The average Bonchev–Trinajstić information content (AvgIpc) is 2.81. The molecule has 4 nitrogen and oxygen atoms in total. The number of carboxylic acids is 1. The Morgan fingerprint density at radius 1 is 1.33 bits per heavy atom. The molecule has 2 rings (SSSR count). The average molecular weight is 244 g/mol. The van der Waals surface area contributed by atoms with Crippen molar-refractivity contribution >= 4 is 5.97 Å². The molecule has 0 saturated heterocycles. The summed E-state index contributed by atoms with van der Waals surface area (Å²) in [6.45, 7) is 2.71. The SMILES string of the molecule is CCc1cc(C(=O)O)nn1CCc1ccccc1. The highest BCUT2D eigenvalue weighted by Gasteiger charge is 2.11. The summed E-state index contributed by atoms with van der Waals surface area (Å²) in [5.74, 6) is -0.969. The molecule has 0 spiro atoms. The van der Waals surface area contributed by atoms with Crippen molar-refractivity contribution in [2.45, 2.75) is 26.3 Å². The van der Waals surface area contributed by atoms with E-state index in [9.17, 15) is 4.79 Å². The van der Waals surface area contributed by atoms with Gasteiger partial charge in [0.25, 0.3) is 0 Å². The van der Waals surface area contributed by atoms with Gasteiger partial charge < -0.3 is 5.11 Å². The predicted molar refractivity (Wildman–Crippen MR) is 68.7 cm³/mol. The summed E-state index contributed by atoms with van der Waals surface area (Å²) in [5, 5.41) is 13.0. The van der Waals surface area contributed by atoms with Crippen molar-refractivity contribution < 1.29 is 9.90 Å². The van der Waals surface area contributed by atoms with Crippen LogP contribution in [0.4, 0.5) is 0 Å². The molecule has 0 amide bonds. The maximum atomic E-state index is 10.9. The Morgan fingerprint density at radius 3 is 2.67 bits per heavy atom. The molecule has 1 aromatic carbocycles. The molecule has 4 heteroatoms. The fourth-order valence-corrected chi connectivity index (χ4v) is 1.92. The van der Waals surface area contributed by atoms with Crippen LogP contribution < -0.4 is 0 Å². The lowest BCUT2D eigenvalue weighted by atomic mass is 10.1. The highest BCUT2D eigenvalue weighted by molar-refractivity contribution is 5.85. The minimum Gasteiger partial charge on any atom is -0.476 e. The maximum Gasteiger partial charge on any atom is 0.356 e. The third-order valence-corrected chi connectivity index (χ3v) is 2.90. The molecular formula is C14H16N2O2. The zero-order valence-electron chi connectivity index (χ0n) is 10.3. The van der Waals surface area contributed by atoms with Crippen molar-refractivity contribution in [1.29, 1.82) is 0 Å². The Morgan fingerprint density at radius 2 is 2.06 bits per heavy atom. The van der Waals surface area contributed by atoms with Crippen LogP contribution in [0.5, 0.6) is 0 Å². The summed E-state index contributed by atoms with van der Waals surface area (Å²) in [4.78, 5) is 10.9. The van der Waals surface area contributed by atoms with Crippen LogP contribution in [0.3, 0.4) is 0 Å². The van der Waals surface area contributed by atoms with E-state index in [-0.39, 0.29) is 5.69 Å². The number of hydrogen-bond acceptors (Lipinski definition) is 2. The third kappa shape index (κ3) is 2.77. The lowest BCUT2D eigenvalue weighted by Crippen LogP contribution is -2.08. The molecule has 0 aliphatic carbocycles. The van der Waals surface area contributed by atoms with E-state index >= 15 is 0 Å². The molecule has 1 heterocycles. The molecule has 0 aliphatic heterocycles. The molecular weight excluding hydrogens is 228 g/mol. The molecule has 0 aliphatic rings. The number of nitrogens with zero attached hydrogens (tertiary/aromatic N) is 2. The summed E-state index contributed by atoms with van der Waals surface area (Å²) in [7, 11) is 0. The summed E-state index contributed by atoms with van der Waals surface area (Å²) in [6, 6.07) is 11.8. The smallest absolute Gasteiger partial charge is 0.356 e. The molecule has 0 radical (unpaired) electrons. The van der Waals surface area contributed by atoms with Gasteiger partial charge in [-0.25, -0.2) is 4.79 Å². The number of aromatic nitrogens is 2. The van der Waals surface area contributed by atoms with E-state index in [1.807, 2.05) is 25.1 Å². The normalized spacial score (nSPS) is 10.5. The summed E-state index contributed by atoms with van der Waals surface area (Å²) in [5.41, 5.74) is 2.31. The van der Waals surface area contributed by atoms with Crippen LogP contribution in [0.1, 0.15) is 28.7 Å². The van der Waals surface area contributed by atoms with Gasteiger partial charge in [-0.2, -0.15) is 5.10 Å². The lowest BCUT2D eigenvalue weighted by Gasteiger charge is -2.05. The molecule has 94 valence electrons. The second kappa shape index (κ2) is 5.49. The van der Waals surface area contributed by atoms with E-state index in [1.54, 1.807) is 10.7 Å². The second-order valence-electron chi connectivity index (χ2n) is 4.14. The van der Waals surface area contributed by atoms with Gasteiger partial charge in [0.2, 0.25) is 0 Å². The molecule has 1 N–H and O–H groups in total. The van der Waals surface area contributed by atoms with Crippen LogP contribution in [0, 0.1) is 0 Å². The first-order chi connectivity index (χ1) is 8.70. The molecule has 1 aromatic heterocycles. The number of carbonyl (C=O) groups is 1. The first kappa shape index (κ1) is 12.4.